The Hall–Kier alpha value is -1.82. The number of hydrogen-bond donors (Lipinski definition) is 0. The lowest BCUT2D eigenvalue weighted by atomic mass is 10.1. The molecule has 0 aliphatic carbocycles. The summed E-state index contributed by atoms with van der Waals surface area (Å²) in [5, 5.41) is 0.903. The van der Waals surface area contributed by atoms with Crippen LogP contribution < -0.4 is 0 Å². The summed E-state index contributed by atoms with van der Waals surface area (Å²) in [6.45, 7) is 6.52. The molecule has 5 nitrogen and oxygen atoms in total. The van der Waals surface area contributed by atoms with E-state index in [1.807, 2.05) is 23.1 Å². The number of benzene rings is 1. The number of furan rings is 1. The number of fused-ring (bicyclic) bond motifs is 1. The first-order valence-electron chi connectivity index (χ1n) is 8.70. The van der Waals surface area contributed by atoms with E-state index in [9.17, 15) is 9.59 Å². The predicted molar refractivity (Wildman–Crippen MR) is 100 cm³/mol. The Kier molecular flexibility index (Phi) is 5.47. The number of halogens is 1. The summed E-state index contributed by atoms with van der Waals surface area (Å²) >= 11 is 3.42. The lowest BCUT2D eigenvalue weighted by Gasteiger charge is -2.34. The quantitative estimate of drug-likeness (QED) is 0.772. The van der Waals surface area contributed by atoms with Crippen LogP contribution >= 0.6 is 15.9 Å². The molecule has 1 fully saturated rings. The molecule has 0 spiro atoms. The summed E-state index contributed by atoms with van der Waals surface area (Å²) in [5.74, 6) is 0.962. The van der Waals surface area contributed by atoms with Gasteiger partial charge < -0.3 is 14.2 Å². The van der Waals surface area contributed by atoms with Gasteiger partial charge in [-0.2, -0.15) is 0 Å². The number of piperazine rings is 1. The highest BCUT2D eigenvalue weighted by Crippen LogP contribution is 2.24. The fourth-order valence-electron chi connectivity index (χ4n) is 3.00. The minimum Gasteiger partial charge on any atom is -0.451 e. The molecule has 1 saturated heterocycles. The SMILES string of the molecule is CC(C)CCC(=O)N1CCN(C(=O)c2cc3cc(Br)ccc3o2)CC1. The molecule has 25 heavy (non-hydrogen) atoms. The molecule has 134 valence electrons. The number of rotatable bonds is 4. The lowest BCUT2D eigenvalue weighted by Crippen LogP contribution is -2.50. The molecule has 2 aromatic rings. The van der Waals surface area contributed by atoms with E-state index in [-0.39, 0.29) is 11.8 Å². The number of carbonyl (C=O) groups is 2. The third-order valence-electron chi connectivity index (χ3n) is 4.54. The van der Waals surface area contributed by atoms with Crippen LogP contribution in [0.3, 0.4) is 0 Å². The zero-order valence-electron chi connectivity index (χ0n) is 14.6. The minimum atomic E-state index is -0.110. The Morgan fingerprint density at radius 1 is 1.12 bits per heavy atom. The third kappa shape index (κ3) is 4.24. The van der Waals surface area contributed by atoms with Crippen molar-refractivity contribution in [2.75, 3.05) is 26.2 Å². The summed E-state index contributed by atoms with van der Waals surface area (Å²) in [6.07, 6.45) is 1.50. The third-order valence-corrected chi connectivity index (χ3v) is 5.04. The smallest absolute Gasteiger partial charge is 0.289 e. The van der Waals surface area contributed by atoms with Gasteiger partial charge in [0.05, 0.1) is 0 Å². The van der Waals surface area contributed by atoms with Crippen LogP contribution in [0.15, 0.2) is 33.2 Å². The Morgan fingerprint density at radius 3 is 2.48 bits per heavy atom. The Balaban J connectivity index is 1.60. The standard InChI is InChI=1S/C19H23BrN2O3/c1-13(2)3-6-18(23)21-7-9-22(10-8-21)19(24)17-12-14-11-15(20)4-5-16(14)25-17/h4-5,11-13H,3,6-10H2,1-2H3. The molecule has 2 amide bonds. The molecule has 0 saturated carbocycles. The van der Waals surface area contributed by atoms with Crippen molar-refractivity contribution in [1.29, 1.82) is 0 Å². The van der Waals surface area contributed by atoms with Crippen molar-refractivity contribution < 1.29 is 14.0 Å². The van der Waals surface area contributed by atoms with Crippen molar-refractivity contribution in [2.24, 2.45) is 5.92 Å². The number of amides is 2. The fraction of sp³-hybridized carbons (Fsp3) is 0.474. The van der Waals surface area contributed by atoms with Gasteiger partial charge in [0.15, 0.2) is 5.76 Å². The van der Waals surface area contributed by atoms with Crippen LogP contribution in [0, 0.1) is 5.92 Å². The summed E-state index contributed by atoms with van der Waals surface area (Å²) in [7, 11) is 0. The van der Waals surface area contributed by atoms with Crippen molar-refractivity contribution >= 4 is 38.7 Å². The second kappa shape index (κ2) is 7.60. The van der Waals surface area contributed by atoms with Gasteiger partial charge in [-0.1, -0.05) is 29.8 Å². The van der Waals surface area contributed by atoms with E-state index >= 15 is 0 Å². The van der Waals surface area contributed by atoms with E-state index in [2.05, 4.69) is 29.8 Å². The normalized spacial score (nSPS) is 15.2. The van der Waals surface area contributed by atoms with Gasteiger partial charge in [0, 0.05) is 42.5 Å². The van der Waals surface area contributed by atoms with Crippen LogP contribution in [0.5, 0.6) is 0 Å². The molecule has 1 aliphatic heterocycles. The molecule has 0 bridgehead atoms. The molecule has 0 atom stereocenters. The number of carbonyl (C=O) groups excluding carboxylic acids is 2. The minimum absolute atomic E-state index is 0.110. The van der Waals surface area contributed by atoms with Crippen LogP contribution in [-0.4, -0.2) is 47.8 Å². The Morgan fingerprint density at radius 2 is 1.80 bits per heavy atom. The van der Waals surface area contributed by atoms with Gasteiger partial charge in [0.1, 0.15) is 5.58 Å². The summed E-state index contributed by atoms with van der Waals surface area (Å²) in [5.41, 5.74) is 0.703. The van der Waals surface area contributed by atoms with Gasteiger partial charge >= 0.3 is 0 Å². The zero-order valence-corrected chi connectivity index (χ0v) is 16.2. The van der Waals surface area contributed by atoms with Gasteiger partial charge in [-0.3, -0.25) is 9.59 Å². The van der Waals surface area contributed by atoms with E-state index < -0.39 is 0 Å². The van der Waals surface area contributed by atoms with Crippen molar-refractivity contribution in [3.63, 3.8) is 0 Å². The summed E-state index contributed by atoms with van der Waals surface area (Å²) in [6, 6.07) is 7.45. The summed E-state index contributed by atoms with van der Waals surface area (Å²) in [4.78, 5) is 28.5. The zero-order chi connectivity index (χ0) is 18.0. The maximum Gasteiger partial charge on any atom is 0.289 e. The van der Waals surface area contributed by atoms with E-state index in [0.29, 0.717) is 49.9 Å². The molecular formula is C19H23BrN2O3. The largest absolute Gasteiger partial charge is 0.451 e. The van der Waals surface area contributed by atoms with Gasteiger partial charge in [-0.05, 0) is 36.6 Å². The summed E-state index contributed by atoms with van der Waals surface area (Å²) < 4.78 is 6.64. The monoisotopic (exact) mass is 406 g/mol. The highest BCUT2D eigenvalue weighted by molar-refractivity contribution is 9.10. The maximum absolute atomic E-state index is 12.7. The van der Waals surface area contributed by atoms with Crippen molar-refractivity contribution in [1.82, 2.24) is 9.80 Å². The first-order chi connectivity index (χ1) is 11.9. The predicted octanol–water partition coefficient (Wildman–Crippen LogP) is 3.92. The Bertz CT molecular complexity index is 776. The molecule has 6 heteroatoms. The van der Waals surface area contributed by atoms with Crippen molar-refractivity contribution in [3.8, 4) is 0 Å². The molecule has 0 unspecified atom stereocenters. The molecular weight excluding hydrogens is 384 g/mol. The second-order valence-corrected chi connectivity index (χ2v) is 7.81. The Labute approximate surface area is 156 Å². The molecule has 1 aromatic heterocycles. The average Bonchev–Trinajstić information content (AvgIpc) is 3.02. The highest BCUT2D eigenvalue weighted by Gasteiger charge is 2.26. The lowest BCUT2D eigenvalue weighted by molar-refractivity contribution is -0.132. The molecule has 0 N–H and O–H groups in total. The van der Waals surface area contributed by atoms with Gasteiger partial charge in [0.2, 0.25) is 5.91 Å². The van der Waals surface area contributed by atoms with Gasteiger partial charge in [-0.15, -0.1) is 0 Å². The number of hydrogen-bond acceptors (Lipinski definition) is 3. The average molecular weight is 407 g/mol. The van der Waals surface area contributed by atoms with Crippen LogP contribution in [-0.2, 0) is 4.79 Å². The van der Waals surface area contributed by atoms with Gasteiger partial charge in [0.25, 0.3) is 5.91 Å². The van der Waals surface area contributed by atoms with Crippen LogP contribution in [0.25, 0.3) is 11.0 Å². The van der Waals surface area contributed by atoms with Gasteiger partial charge in [-0.25, -0.2) is 0 Å². The highest BCUT2D eigenvalue weighted by atomic mass is 79.9. The maximum atomic E-state index is 12.7. The molecule has 3 rings (SSSR count). The molecule has 1 aromatic carbocycles. The fourth-order valence-corrected chi connectivity index (χ4v) is 3.38. The topological polar surface area (TPSA) is 53.8 Å². The first-order valence-corrected chi connectivity index (χ1v) is 9.49. The van der Waals surface area contributed by atoms with E-state index in [1.54, 1.807) is 11.0 Å². The molecule has 2 heterocycles. The van der Waals surface area contributed by atoms with E-state index in [1.165, 1.54) is 0 Å². The van der Waals surface area contributed by atoms with Crippen molar-refractivity contribution in [3.05, 3.63) is 34.5 Å². The van der Waals surface area contributed by atoms with E-state index in [4.69, 9.17) is 4.42 Å². The second-order valence-electron chi connectivity index (χ2n) is 6.90. The van der Waals surface area contributed by atoms with Crippen LogP contribution in [0.4, 0.5) is 0 Å². The van der Waals surface area contributed by atoms with Crippen LogP contribution in [0.1, 0.15) is 37.2 Å². The molecule has 1 aliphatic rings. The molecule has 0 radical (unpaired) electrons. The van der Waals surface area contributed by atoms with Crippen molar-refractivity contribution in [2.45, 2.75) is 26.7 Å². The van der Waals surface area contributed by atoms with Crippen LogP contribution in [0.2, 0.25) is 0 Å². The van der Waals surface area contributed by atoms with E-state index in [0.717, 1.165) is 16.3 Å². The number of nitrogens with zero attached hydrogens (tertiary/aromatic N) is 2. The first kappa shape index (κ1) is 18.0.